The highest BCUT2D eigenvalue weighted by Crippen LogP contribution is 2.20. The molecule has 0 N–H and O–H groups in total. The number of carbonyl (C=O) groups excluding carboxylic acids is 1. The monoisotopic (exact) mass is 363 g/mol. The highest BCUT2D eigenvalue weighted by atomic mass is 16.5. The number of ether oxygens (including phenoxy) is 4. The van der Waals surface area contributed by atoms with Crippen molar-refractivity contribution in [3.63, 3.8) is 0 Å². The van der Waals surface area contributed by atoms with Gasteiger partial charge in [-0.3, -0.25) is 4.79 Å². The molecule has 0 saturated heterocycles. The molecule has 0 aliphatic rings. The Morgan fingerprint density at radius 3 is 2.31 bits per heavy atom. The summed E-state index contributed by atoms with van der Waals surface area (Å²) in [4.78, 5) is 10.9. The van der Waals surface area contributed by atoms with Crippen LogP contribution in [0.5, 0.6) is 5.75 Å². The van der Waals surface area contributed by atoms with Crippen molar-refractivity contribution in [2.75, 3.05) is 39.6 Å². The first-order chi connectivity index (χ1) is 12.7. The summed E-state index contributed by atoms with van der Waals surface area (Å²) < 4.78 is 22.8. The first-order valence-electron chi connectivity index (χ1n) is 8.61. The minimum Gasteiger partial charge on any atom is -0.427 e. The maximum Gasteiger partial charge on any atom is 0.308 e. The van der Waals surface area contributed by atoms with E-state index in [2.05, 4.69) is 10.3 Å². The third-order valence-corrected chi connectivity index (χ3v) is 3.36. The molecule has 2 rings (SSSR count). The number of carbonyl (C=O) groups is 1. The van der Waals surface area contributed by atoms with Crippen LogP contribution in [-0.2, 0) is 25.5 Å². The third-order valence-electron chi connectivity index (χ3n) is 3.36. The van der Waals surface area contributed by atoms with Gasteiger partial charge in [-0.05, 0) is 31.2 Å². The van der Waals surface area contributed by atoms with Crippen molar-refractivity contribution in [1.29, 1.82) is 0 Å². The quantitative estimate of drug-likeness (QED) is 0.324. The number of hydrogen-bond donors (Lipinski definition) is 0. The van der Waals surface area contributed by atoms with Crippen molar-refractivity contribution < 1.29 is 23.7 Å². The van der Waals surface area contributed by atoms with E-state index in [0.717, 1.165) is 11.3 Å². The van der Waals surface area contributed by atoms with Crippen LogP contribution in [0.4, 0.5) is 0 Å². The number of rotatable bonds is 12. The van der Waals surface area contributed by atoms with E-state index in [0.29, 0.717) is 51.9 Å². The third kappa shape index (κ3) is 7.30. The molecule has 0 spiro atoms. The molecule has 0 atom stereocenters. The highest BCUT2D eigenvalue weighted by molar-refractivity contribution is 5.69. The zero-order chi connectivity index (χ0) is 18.6. The van der Waals surface area contributed by atoms with Gasteiger partial charge in [-0.1, -0.05) is 5.21 Å². The number of esters is 1. The number of benzene rings is 1. The van der Waals surface area contributed by atoms with Gasteiger partial charge in [0.1, 0.15) is 11.4 Å². The van der Waals surface area contributed by atoms with Gasteiger partial charge in [0.05, 0.1) is 45.8 Å². The van der Waals surface area contributed by atoms with E-state index in [1.165, 1.54) is 6.92 Å². The molecule has 0 unspecified atom stereocenters. The molecule has 0 aliphatic heterocycles. The molecule has 8 heteroatoms. The summed E-state index contributed by atoms with van der Waals surface area (Å²) in [5.74, 6) is 0.161. The second kappa shape index (κ2) is 11.3. The van der Waals surface area contributed by atoms with E-state index in [1.807, 2.05) is 25.3 Å². The summed E-state index contributed by atoms with van der Waals surface area (Å²) in [6, 6.07) is 7.13. The second-order valence-electron chi connectivity index (χ2n) is 5.41. The van der Waals surface area contributed by atoms with Crippen LogP contribution in [0.2, 0.25) is 0 Å². The van der Waals surface area contributed by atoms with Crippen molar-refractivity contribution >= 4 is 5.97 Å². The molecule has 0 bridgehead atoms. The molecule has 142 valence electrons. The van der Waals surface area contributed by atoms with E-state index < -0.39 is 0 Å². The Morgan fingerprint density at radius 2 is 1.65 bits per heavy atom. The van der Waals surface area contributed by atoms with E-state index in [9.17, 15) is 4.79 Å². The number of hydrogen-bond acceptors (Lipinski definition) is 7. The van der Waals surface area contributed by atoms with Crippen LogP contribution in [0.3, 0.4) is 0 Å². The van der Waals surface area contributed by atoms with Gasteiger partial charge in [0.15, 0.2) is 0 Å². The molecule has 0 amide bonds. The van der Waals surface area contributed by atoms with Gasteiger partial charge in [0.25, 0.3) is 0 Å². The first kappa shape index (κ1) is 20.0. The van der Waals surface area contributed by atoms with Gasteiger partial charge in [0, 0.05) is 19.1 Å². The summed E-state index contributed by atoms with van der Waals surface area (Å²) in [6.07, 6.45) is 1.85. The van der Waals surface area contributed by atoms with Crippen LogP contribution < -0.4 is 4.74 Å². The lowest BCUT2D eigenvalue weighted by Gasteiger charge is -2.05. The summed E-state index contributed by atoms with van der Waals surface area (Å²) in [5.41, 5.74) is 1.65. The van der Waals surface area contributed by atoms with Gasteiger partial charge < -0.3 is 18.9 Å². The van der Waals surface area contributed by atoms with Crippen molar-refractivity contribution in [3.05, 3.63) is 30.5 Å². The van der Waals surface area contributed by atoms with Crippen LogP contribution in [0.25, 0.3) is 11.3 Å². The Labute approximate surface area is 153 Å². The molecular weight excluding hydrogens is 338 g/mol. The first-order valence-corrected chi connectivity index (χ1v) is 8.61. The largest absolute Gasteiger partial charge is 0.427 e. The van der Waals surface area contributed by atoms with Gasteiger partial charge in [-0.25, -0.2) is 4.68 Å². The normalized spacial score (nSPS) is 10.8. The summed E-state index contributed by atoms with van der Waals surface area (Å²) in [7, 11) is 0. The average molecular weight is 363 g/mol. The lowest BCUT2D eigenvalue weighted by atomic mass is 10.2. The molecule has 1 aromatic heterocycles. The summed E-state index contributed by atoms with van der Waals surface area (Å²) in [5, 5.41) is 8.23. The van der Waals surface area contributed by atoms with Gasteiger partial charge in [-0.2, -0.15) is 0 Å². The Bertz CT molecular complexity index is 657. The molecular formula is C18H25N3O5. The average Bonchev–Trinajstić information content (AvgIpc) is 3.09. The van der Waals surface area contributed by atoms with Crippen LogP contribution in [0, 0.1) is 0 Å². The van der Waals surface area contributed by atoms with E-state index in [1.54, 1.807) is 16.8 Å². The highest BCUT2D eigenvalue weighted by Gasteiger charge is 2.05. The Balaban J connectivity index is 1.67. The predicted molar refractivity (Wildman–Crippen MR) is 94.9 cm³/mol. The fourth-order valence-electron chi connectivity index (χ4n) is 2.14. The molecule has 26 heavy (non-hydrogen) atoms. The van der Waals surface area contributed by atoms with Gasteiger partial charge >= 0.3 is 5.97 Å². The Morgan fingerprint density at radius 1 is 1.00 bits per heavy atom. The summed E-state index contributed by atoms with van der Waals surface area (Å²) >= 11 is 0. The maximum absolute atomic E-state index is 10.9. The topological polar surface area (TPSA) is 84.7 Å². The number of nitrogens with zero attached hydrogens (tertiary/aromatic N) is 3. The van der Waals surface area contributed by atoms with Crippen LogP contribution in [0.15, 0.2) is 30.5 Å². The maximum atomic E-state index is 10.9. The van der Waals surface area contributed by atoms with Crippen LogP contribution >= 0.6 is 0 Å². The molecule has 0 aliphatic carbocycles. The molecule has 1 aromatic carbocycles. The zero-order valence-corrected chi connectivity index (χ0v) is 15.2. The fraction of sp³-hybridized carbons (Fsp3) is 0.500. The lowest BCUT2D eigenvalue weighted by Crippen LogP contribution is -2.12. The van der Waals surface area contributed by atoms with Gasteiger partial charge in [0.2, 0.25) is 0 Å². The predicted octanol–water partition coefficient (Wildman–Crippen LogP) is 1.94. The van der Waals surface area contributed by atoms with Crippen LogP contribution in [0.1, 0.15) is 13.8 Å². The minimum absolute atomic E-state index is 0.344. The van der Waals surface area contributed by atoms with Crippen LogP contribution in [-0.4, -0.2) is 60.6 Å². The molecule has 8 nitrogen and oxygen atoms in total. The zero-order valence-electron chi connectivity index (χ0n) is 15.2. The molecule has 2 aromatic rings. The minimum atomic E-state index is -0.344. The van der Waals surface area contributed by atoms with E-state index in [4.69, 9.17) is 18.9 Å². The Hall–Kier alpha value is -2.29. The fourth-order valence-corrected chi connectivity index (χ4v) is 2.14. The van der Waals surface area contributed by atoms with Crippen molar-refractivity contribution in [3.8, 4) is 17.0 Å². The van der Waals surface area contributed by atoms with E-state index >= 15 is 0 Å². The van der Waals surface area contributed by atoms with Crippen molar-refractivity contribution in [1.82, 2.24) is 15.0 Å². The molecule has 0 saturated carbocycles. The van der Waals surface area contributed by atoms with Crippen molar-refractivity contribution in [2.24, 2.45) is 0 Å². The summed E-state index contributed by atoms with van der Waals surface area (Å²) in [6.45, 7) is 7.44. The SMILES string of the molecule is CCOCCOCCOCCn1cc(-c2ccc(OC(C)=O)cc2)nn1. The second-order valence-corrected chi connectivity index (χ2v) is 5.41. The molecule has 0 fully saturated rings. The number of aromatic nitrogens is 3. The molecule has 0 radical (unpaired) electrons. The van der Waals surface area contributed by atoms with Crippen molar-refractivity contribution in [2.45, 2.75) is 20.4 Å². The Kier molecular flexibility index (Phi) is 8.74. The standard InChI is InChI=1S/C18H25N3O5/c1-3-23-10-11-25-13-12-24-9-8-21-14-18(19-20-21)16-4-6-17(7-5-16)26-15(2)22/h4-7,14H,3,8-13H2,1-2H3. The lowest BCUT2D eigenvalue weighted by molar-refractivity contribution is -0.131. The van der Waals surface area contributed by atoms with E-state index in [-0.39, 0.29) is 5.97 Å². The van der Waals surface area contributed by atoms with Gasteiger partial charge in [-0.15, -0.1) is 5.10 Å². The molecule has 1 heterocycles. The smallest absolute Gasteiger partial charge is 0.308 e.